The molecule has 0 spiro atoms. The molecule has 1 fully saturated rings. The van der Waals surface area contributed by atoms with Gasteiger partial charge in [0.25, 0.3) is 5.91 Å². The summed E-state index contributed by atoms with van der Waals surface area (Å²) >= 11 is 1.63. The van der Waals surface area contributed by atoms with Crippen LogP contribution < -0.4 is 10.2 Å². The van der Waals surface area contributed by atoms with Crippen LogP contribution in [-0.4, -0.2) is 40.0 Å². The SMILES string of the molecule is O=C(NC1CCN(c2nccs2)C1)c1ccc2nccnc2c1. The Morgan fingerprint density at radius 1 is 1.17 bits per heavy atom. The molecule has 116 valence electrons. The monoisotopic (exact) mass is 325 g/mol. The van der Waals surface area contributed by atoms with Gasteiger partial charge < -0.3 is 10.2 Å². The van der Waals surface area contributed by atoms with Gasteiger partial charge in [0.15, 0.2) is 5.13 Å². The molecule has 4 rings (SSSR count). The minimum Gasteiger partial charge on any atom is -0.347 e. The summed E-state index contributed by atoms with van der Waals surface area (Å²) in [4.78, 5) is 27.4. The molecule has 1 aliphatic rings. The fourth-order valence-corrected chi connectivity index (χ4v) is 3.48. The van der Waals surface area contributed by atoms with Crippen molar-refractivity contribution in [2.45, 2.75) is 12.5 Å². The highest BCUT2D eigenvalue weighted by Gasteiger charge is 2.25. The summed E-state index contributed by atoms with van der Waals surface area (Å²) in [6, 6.07) is 5.54. The van der Waals surface area contributed by atoms with Crippen molar-refractivity contribution >= 4 is 33.4 Å². The van der Waals surface area contributed by atoms with Crippen LogP contribution in [0.5, 0.6) is 0 Å². The number of amides is 1. The second-order valence-electron chi connectivity index (χ2n) is 5.48. The van der Waals surface area contributed by atoms with Crippen molar-refractivity contribution < 1.29 is 4.79 Å². The lowest BCUT2D eigenvalue weighted by atomic mass is 10.1. The Hall–Kier alpha value is -2.54. The number of nitrogens with zero attached hydrogens (tertiary/aromatic N) is 4. The highest BCUT2D eigenvalue weighted by atomic mass is 32.1. The molecule has 3 heterocycles. The number of aromatic nitrogens is 3. The average molecular weight is 325 g/mol. The molecule has 1 amide bonds. The van der Waals surface area contributed by atoms with Crippen molar-refractivity contribution in [3.05, 3.63) is 47.7 Å². The number of thiazole rings is 1. The predicted molar refractivity (Wildman–Crippen MR) is 89.7 cm³/mol. The largest absolute Gasteiger partial charge is 0.347 e. The summed E-state index contributed by atoms with van der Waals surface area (Å²) < 4.78 is 0. The molecule has 23 heavy (non-hydrogen) atoms. The lowest BCUT2D eigenvalue weighted by molar-refractivity contribution is 0.0940. The topological polar surface area (TPSA) is 71.0 Å². The van der Waals surface area contributed by atoms with Crippen LogP contribution in [0.25, 0.3) is 11.0 Å². The second-order valence-corrected chi connectivity index (χ2v) is 6.35. The van der Waals surface area contributed by atoms with Crippen LogP contribution in [0, 0.1) is 0 Å². The van der Waals surface area contributed by atoms with E-state index in [1.165, 1.54) is 0 Å². The molecule has 0 radical (unpaired) electrons. The number of fused-ring (bicyclic) bond motifs is 1. The third-order valence-corrected chi connectivity index (χ3v) is 4.78. The molecule has 0 bridgehead atoms. The van der Waals surface area contributed by atoms with Gasteiger partial charge >= 0.3 is 0 Å². The molecular formula is C16H15N5OS. The summed E-state index contributed by atoms with van der Waals surface area (Å²) in [5.74, 6) is -0.0662. The number of hydrogen-bond acceptors (Lipinski definition) is 6. The fraction of sp³-hybridized carbons (Fsp3) is 0.250. The average Bonchev–Trinajstić information content (AvgIpc) is 3.25. The quantitative estimate of drug-likeness (QED) is 0.798. The Kier molecular flexibility index (Phi) is 3.63. The number of rotatable bonds is 3. The minimum atomic E-state index is -0.0662. The van der Waals surface area contributed by atoms with Crippen LogP contribution >= 0.6 is 11.3 Å². The highest BCUT2D eigenvalue weighted by molar-refractivity contribution is 7.13. The first-order valence-electron chi connectivity index (χ1n) is 7.46. The first kappa shape index (κ1) is 14.1. The number of benzene rings is 1. The van der Waals surface area contributed by atoms with Gasteiger partial charge in [-0.3, -0.25) is 14.8 Å². The Bertz CT molecular complexity index is 835. The highest BCUT2D eigenvalue weighted by Crippen LogP contribution is 2.22. The van der Waals surface area contributed by atoms with Crippen LogP contribution in [0.4, 0.5) is 5.13 Å². The lowest BCUT2D eigenvalue weighted by Crippen LogP contribution is -2.37. The summed E-state index contributed by atoms with van der Waals surface area (Å²) in [6.07, 6.45) is 6.02. The standard InChI is InChI=1S/C16H15N5OS/c22-15(11-1-2-13-14(9-11)18-5-4-17-13)20-12-3-7-21(10-12)16-19-6-8-23-16/h1-2,4-6,8-9,12H,3,7,10H2,(H,20,22). The summed E-state index contributed by atoms with van der Waals surface area (Å²) in [5.41, 5.74) is 2.14. The number of hydrogen-bond donors (Lipinski definition) is 1. The minimum absolute atomic E-state index is 0.0662. The third-order valence-electron chi connectivity index (χ3n) is 3.94. The van der Waals surface area contributed by atoms with Gasteiger partial charge in [-0.25, -0.2) is 4.98 Å². The van der Waals surface area contributed by atoms with E-state index in [1.54, 1.807) is 35.9 Å². The van der Waals surface area contributed by atoms with E-state index in [1.807, 2.05) is 17.6 Å². The van der Waals surface area contributed by atoms with Crippen molar-refractivity contribution in [1.82, 2.24) is 20.3 Å². The van der Waals surface area contributed by atoms with Gasteiger partial charge in [0.1, 0.15) is 0 Å². The summed E-state index contributed by atoms with van der Waals surface area (Å²) in [6.45, 7) is 1.72. The van der Waals surface area contributed by atoms with Gasteiger partial charge in [-0.2, -0.15) is 0 Å². The molecule has 3 aromatic rings. The summed E-state index contributed by atoms with van der Waals surface area (Å²) in [5, 5.41) is 6.09. The van der Waals surface area contributed by atoms with Crippen LogP contribution in [0.3, 0.4) is 0 Å². The number of carbonyl (C=O) groups excluding carboxylic acids is 1. The molecule has 1 unspecified atom stereocenters. The Balaban J connectivity index is 1.45. The maximum atomic E-state index is 12.4. The number of nitrogens with one attached hydrogen (secondary N) is 1. The van der Waals surface area contributed by atoms with Crippen molar-refractivity contribution in [3.8, 4) is 0 Å². The van der Waals surface area contributed by atoms with Crippen molar-refractivity contribution in [2.24, 2.45) is 0 Å². The first-order valence-corrected chi connectivity index (χ1v) is 8.33. The molecule has 1 saturated heterocycles. The zero-order valence-corrected chi connectivity index (χ0v) is 13.2. The van der Waals surface area contributed by atoms with Crippen molar-refractivity contribution in [1.29, 1.82) is 0 Å². The van der Waals surface area contributed by atoms with E-state index in [9.17, 15) is 4.79 Å². The van der Waals surface area contributed by atoms with Crippen molar-refractivity contribution in [2.75, 3.05) is 18.0 Å². The molecule has 7 heteroatoms. The molecular weight excluding hydrogens is 310 g/mol. The second kappa shape index (κ2) is 5.92. The van der Waals surface area contributed by atoms with Gasteiger partial charge in [-0.15, -0.1) is 11.3 Å². The summed E-state index contributed by atoms with van der Waals surface area (Å²) in [7, 11) is 0. The van der Waals surface area contributed by atoms with Gasteiger partial charge in [0.05, 0.1) is 11.0 Å². The predicted octanol–water partition coefficient (Wildman–Crippen LogP) is 2.09. The smallest absolute Gasteiger partial charge is 0.251 e. The van der Waals surface area contributed by atoms with Crippen LogP contribution in [0.15, 0.2) is 42.2 Å². The molecule has 1 atom stereocenters. The third kappa shape index (κ3) is 2.87. The first-order chi connectivity index (χ1) is 11.3. The van der Waals surface area contributed by atoms with Crippen LogP contribution in [-0.2, 0) is 0 Å². The van der Waals surface area contributed by atoms with E-state index < -0.39 is 0 Å². The van der Waals surface area contributed by atoms with E-state index in [4.69, 9.17) is 0 Å². The lowest BCUT2D eigenvalue weighted by Gasteiger charge is -2.15. The van der Waals surface area contributed by atoms with E-state index in [0.29, 0.717) is 5.56 Å². The number of anilines is 1. The van der Waals surface area contributed by atoms with Gasteiger partial charge in [-0.05, 0) is 24.6 Å². The molecule has 6 nitrogen and oxygen atoms in total. The Labute approximate surface area is 137 Å². The Morgan fingerprint density at radius 2 is 2.04 bits per heavy atom. The van der Waals surface area contributed by atoms with Gasteiger partial charge in [-0.1, -0.05) is 0 Å². The maximum Gasteiger partial charge on any atom is 0.251 e. The van der Waals surface area contributed by atoms with E-state index in [-0.39, 0.29) is 11.9 Å². The van der Waals surface area contributed by atoms with Gasteiger partial charge in [0, 0.05) is 48.7 Å². The maximum absolute atomic E-state index is 12.4. The van der Waals surface area contributed by atoms with Crippen molar-refractivity contribution in [3.63, 3.8) is 0 Å². The zero-order valence-electron chi connectivity index (χ0n) is 12.3. The molecule has 1 N–H and O–H groups in total. The molecule has 0 saturated carbocycles. The molecule has 0 aliphatic carbocycles. The van der Waals surface area contributed by atoms with Crippen LogP contribution in [0.1, 0.15) is 16.8 Å². The number of carbonyl (C=O) groups is 1. The zero-order chi connectivity index (χ0) is 15.6. The molecule has 1 aromatic carbocycles. The molecule has 2 aromatic heterocycles. The Morgan fingerprint density at radius 3 is 2.87 bits per heavy atom. The fourth-order valence-electron chi connectivity index (χ4n) is 2.80. The van der Waals surface area contributed by atoms with E-state index in [2.05, 4.69) is 25.2 Å². The van der Waals surface area contributed by atoms with Crippen LogP contribution in [0.2, 0.25) is 0 Å². The van der Waals surface area contributed by atoms with Gasteiger partial charge in [0.2, 0.25) is 0 Å². The molecule has 1 aliphatic heterocycles. The normalized spacial score (nSPS) is 17.6. The van der Waals surface area contributed by atoms with E-state index >= 15 is 0 Å². The van der Waals surface area contributed by atoms with E-state index in [0.717, 1.165) is 35.7 Å².